The van der Waals surface area contributed by atoms with Crippen LogP contribution in [0.4, 0.5) is 0 Å². The van der Waals surface area contributed by atoms with E-state index in [-0.39, 0.29) is 0 Å². The zero-order valence-electron chi connectivity index (χ0n) is 12.9. The third kappa shape index (κ3) is 2.85. The molecule has 2 heterocycles. The number of ether oxygens (including phenoxy) is 1. The van der Waals surface area contributed by atoms with Crippen LogP contribution in [-0.4, -0.2) is 42.5 Å². The van der Waals surface area contributed by atoms with E-state index >= 15 is 0 Å². The molecule has 2 aromatic carbocycles. The molecular weight excluding hydrogens is 286 g/mol. The molecule has 1 aliphatic heterocycles. The van der Waals surface area contributed by atoms with Crippen molar-refractivity contribution in [2.24, 2.45) is 5.10 Å². The molecule has 1 fully saturated rings. The van der Waals surface area contributed by atoms with Crippen molar-refractivity contribution in [2.75, 3.05) is 26.3 Å². The second kappa shape index (κ2) is 6.26. The Morgan fingerprint density at radius 3 is 2.52 bits per heavy atom. The molecule has 116 valence electrons. The number of benzene rings is 2. The lowest BCUT2D eigenvalue weighted by molar-refractivity contribution is 0.0397. The standard InChI is InChI=1S/C19H19N3O/c1-2-6-15(7-3-1)19-17(14-20-22-10-12-23-13-11-22)16-8-4-5-9-18(16)21-19/h1-9,14,21H,10-13H2/b20-14+. The summed E-state index contributed by atoms with van der Waals surface area (Å²) in [5.74, 6) is 0. The smallest absolute Gasteiger partial charge is 0.0659 e. The monoisotopic (exact) mass is 305 g/mol. The minimum atomic E-state index is 0.747. The van der Waals surface area contributed by atoms with Gasteiger partial charge in [0.25, 0.3) is 0 Å². The molecule has 1 aromatic heterocycles. The maximum Gasteiger partial charge on any atom is 0.0659 e. The highest BCUT2D eigenvalue weighted by Crippen LogP contribution is 2.29. The number of nitrogens with one attached hydrogen (secondary N) is 1. The van der Waals surface area contributed by atoms with Crippen LogP contribution in [0.5, 0.6) is 0 Å². The van der Waals surface area contributed by atoms with E-state index < -0.39 is 0 Å². The largest absolute Gasteiger partial charge is 0.378 e. The highest BCUT2D eigenvalue weighted by atomic mass is 16.5. The minimum Gasteiger partial charge on any atom is -0.378 e. The molecule has 1 saturated heterocycles. The van der Waals surface area contributed by atoms with Crippen molar-refractivity contribution >= 4 is 17.1 Å². The maximum atomic E-state index is 5.38. The van der Waals surface area contributed by atoms with Crippen molar-refractivity contribution in [1.29, 1.82) is 0 Å². The fraction of sp³-hybridized carbons (Fsp3) is 0.211. The average Bonchev–Trinajstić information content (AvgIpc) is 3.00. The summed E-state index contributed by atoms with van der Waals surface area (Å²) < 4.78 is 5.38. The summed E-state index contributed by atoms with van der Waals surface area (Å²) in [5, 5.41) is 7.94. The van der Waals surface area contributed by atoms with Crippen LogP contribution >= 0.6 is 0 Å². The highest BCUT2D eigenvalue weighted by Gasteiger charge is 2.12. The lowest BCUT2D eigenvalue weighted by atomic mass is 10.1. The number of rotatable bonds is 3. The Morgan fingerprint density at radius 1 is 0.957 bits per heavy atom. The van der Waals surface area contributed by atoms with Gasteiger partial charge in [-0.05, 0) is 11.6 Å². The van der Waals surface area contributed by atoms with Crippen LogP contribution in [0.25, 0.3) is 22.2 Å². The van der Waals surface area contributed by atoms with Gasteiger partial charge in [0.15, 0.2) is 0 Å². The van der Waals surface area contributed by atoms with Gasteiger partial charge in [-0.2, -0.15) is 5.10 Å². The predicted octanol–water partition coefficient (Wildman–Crippen LogP) is 3.50. The summed E-state index contributed by atoms with van der Waals surface area (Å²) in [6.45, 7) is 3.19. The SMILES string of the molecule is C(=N\N1CCOCC1)/c1c(-c2ccccc2)[nH]c2ccccc12. The highest BCUT2D eigenvalue weighted by molar-refractivity contribution is 6.05. The number of hydrogen-bond acceptors (Lipinski definition) is 3. The lowest BCUT2D eigenvalue weighted by Crippen LogP contribution is -2.32. The van der Waals surface area contributed by atoms with E-state index in [1.165, 1.54) is 10.9 Å². The van der Waals surface area contributed by atoms with Crippen LogP contribution in [0.2, 0.25) is 0 Å². The van der Waals surface area contributed by atoms with Gasteiger partial charge >= 0.3 is 0 Å². The zero-order valence-corrected chi connectivity index (χ0v) is 12.9. The second-order valence-corrected chi connectivity index (χ2v) is 5.64. The number of hydrogen-bond donors (Lipinski definition) is 1. The molecule has 4 nitrogen and oxygen atoms in total. The Hall–Kier alpha value is -2.59. The molecule has 0 spiro atoms. The van der Waals surface area contributed by atoms with E-state index in [0.29, 0.717) is 0 Å². The number of morpholine rings is 1. The van der Waals surface area contributed by atoms with Crippen molar-refractivity contribution in [3.63, 3.8) is 0 Å². The van der Waals surface area contributed by atoms with Crippen LogP contribution in [0.3, 0.4) is 0 Å². The summed E-state index contributed by atoms with van der Waals surface area (Å²) in [6, 6.07) is 18.8. The Balaban J connectivity index is 1.78. The molecule has 0 aliphatic carbocycles. The quantitative estimate of drug-likeness (QED) is 0.752. The average molecular weight is 305 g/mol. The molecule has 0 atom stereocenters. The fourth-order valence-electron chi connectivity index (χ4n) is 2.94. The van der Waals surface area contributed by atoms with Gasteiger partial charge in [-0.1, -0.05) is 48.5 Å². The minimum absolute atomic E-state index is 0.747. The molecular formula is C19H19N3O. The Bertz CT molecular complexity index is 817. The molecule has 4 heteroatoms. The van der Waals surface area contributed by atoms with Gasteiger partial charge in [-0.25, -0.2) is 0 Å². The lowest BCUT2D eigenvalue weighted by Gasteiger charge is -2.23. The van der Waals surface area contributed by atoms with Gasteiger partial charge in [-0.3, -0.25) is 5.01 Å². The summed E-state index contributed by atoms with van der Waals surface area (Å²) in [5.41, 5.74) is 4.56. The van der Waals surface area contributed by atoms with Crippen LogP contribution in [0, 0.1) is 0 Å². The van der Waals surface area contributed by atoms with Crippen molar-refractivity contribution in [2.45, 2.75) is 0 Å². The van der Waals surface area contributed by atoms with Crippen molar-refractivity contribution in [3.8, 4) is 11.3 Å². The molecule has 0 saturated carbocycles. The predicted molar refractivity (Wildman–Crippen MR) is 93.7 cm³/mol. The first-order chi connectivity index (χ1) is 11.4. The first-order valence-corrected chi connectivity index (χ1v) is 7.94. The van der Waals surface area contributed by atoms with E-state index in [4.69, 9.17) is 4.74 Å². The van der Waals surface area contributed by atoms with E-state index in [2.05, 4.69) is 63.6 Å². The molecule has 4 rings (SSSR count). The van der Waals surface area contributed by atoms with Gasteiger partial charge in [0.1, 0.15) is 0 Å². The molecule has 1 aliphatic rings. The Kier molecular flexibility index (Phi) is 3.82. The van der Waals surface area contributed by atoms with Crippen LogP contribution in [0.15, 0.2) is 59.7 Å². The summed E-state index contributed by atoms with van der Waals surface area (Å²) in [7, 11) is 0. The van der Waals surface area contributed by atoms with Gasteiger partial charge in [0.05, 0.1) is 38.2 Å². The van der Waals surface area contributed by atoms with E-state index in [1.807, 2.05) is 12.3 Å². The van der Waals surface area contributed by atoms with Gasteiger partial charge in [-0.15, -0.1) is 0 Å². The number of aromatic amines is 1. The fourth-order valence-corrected chi connectivity index (χ4v) is 2.94. The number of para-hydroxylation sites is 1. The number of nitrogens with zero attached hydrogens (tertiary/aromatic N) is 2. The maximum absolute atomic E-state index is 5.38. The number of fused-ring (bicyclic) bond motifs is 1. The summed E-state index contributed by atoms with van der Waals surface area (Å²) in [6.07, 6.45) is 1.98. The molecule has 0 unspecified atom stereocenters. The van der Waals surface area contributed by atoms with Crippen LogP contribution < -0.4 is 0 Å². The summed E-state index contributed by atoms with van der Waals surface area (Å²) in [4.78, 5) is 3.53. The number of H-pyrrole nitrogens is 1. The van der Waals surface area contributed by atoms with Gasteiger partial charge in [0.2, 0.25) is 0 Å². The molecule has 3 aromatic rings. The normalized spacial score (nSPS) is 15.6. The molecule has 0 bridgehead atoms. The topological polar surface area (TPSA) is 40.6 Å². The van der Waals surface area contributed by atoms with Gasteiger partial charge in [0, 0.05) is 16.5 Å². The zero-order chi connectivity index (χ0) is 15.5. The first kappa shape index (κ1) is 14.0. The van der Waals surface area contributed by atoms with Crippen LogP contribution in [0.1, 0.15) is 5.56 Å². The molecule has 0 radical (unpaired) electrons. The molecule has 1 N–H and O–H groups in total. The summed E-state index contributed by atoms with van der Waals surface area (Å²) >= 11 is 0. The van der Waals surface area contributed by atoms with E-state index in [0.717, 1.165) is 43.1 Å². The third-order valence-electron chi connectivity index (χ3n) is 4.15. The van der Waals surface area contributed by atoms with Crippen molar-refractivity contribution in [1.82, 2.24) is 9.99 Å². The van der Waals surface area contributed by atoms with Crippen molar-refractivity contribution < 1.29 is 4.74 Å². The number of hydrazone groups is 1. The molecule has 0 amide bonds. The van der Waals surface area contributed by atoms with Crippen molar-refractivity contribution in [3.05, 3.63) is 60.2 Å². The second-order valence-electron chi connectivity index (χ2n) is 5.64. The first-order valence-electron chi connectivity index (χ1n) is 7.94. The Morgan fingerprint density at radius 2 is 1.70 bits per heavy atom. The molecule has 23 heavy (non-hydrogen) atoms. The van der Waals surface area contributed by atoms with Gasteiger partial charge < -0.3 is 9.72 Å². The Labute approximate surface area is 135 Å². The number of aromatic nitrogens is 1. The third-order valence-corrected chi connectivity index (χ3v) is 4.15. The van der Waals surface area contributed by atoms with E-state index in [9.17, 15) is 0 Å². The van der Waals surface area contributed by atoms with Crippen LogP contribution in [-0.2, 0) is 4.74 Å². The van der Waals surface area contributed by atoms with E-state index in [1.54, 1.807) is 0 Å².